The molecular formula is C11H12BrFN4O. The van der Waals surface area contributed by atoms with E-state index in [1.165, 1.54) is 6.07 Å². The molecule has 18 heavy (non-hydrogen) atoms. The number of nitrogens with two attached hydrogens (primary N) is 1. The molecule has 96 valence electrons. The van der Waals surface area contributed by atoms with Gasteiger partial charge in [0.2, 0.25) is 5.89 Å². The molecule has 2 rings (SSSR count). The van der Waals surface area contributed by atoms with Crippen LogP contribution in [-0.2, 0) is 0 Å². The number of halogens is 2. The van der Waals surface area contributed by atoms with Crippen LogP contribution in [0.3, 0.4) is 0 Å². The van der Waals surface area contributed by atoms with Crippen molar-refractivity contribution in [2.45, 2.75) is 19.9 Å². The van der Waals surface area contributed by atoms with Crippen LogP contribution in [0, 0.1) is 12.7 Å². The summed E-state index contributed by atoms with van der Waals surface area (Å²) < 4.78 is 18.9. The lowest BCUT2D eigenvalue weighted by Gasteiger charge is -2.07. The standard InChI is InChI=1S/C11H12BrFN4O/c1-5-3-8(13)7(12)4-9(5)15-11-17-16-10(18-11)6(2)14/h3-4,6H,14H2,1-2H3,(H,15,17). The van der Waals surface area contributed by atoms with Crippen molar-refractivity contribution in [2.24, 2.45) is 5.73 Å². The number of rotatable bonds is 3. The number of hydrogen-bond donors (Lipinski definition) is 2. The molecule has 0 bridgehead atoms. The summed E-state index contributed by atoms with van der Waals surface area (Å²) in [6.45, 7) is 3.53. The third-order valence-electron chi connectivity index (χ3n) is 2.34. The highest BCUT2D eigenvalue weighted by Crippen LogP contribution is 2.26. The lowest BCUT2D eigenvalue weighted by Crippen LogP contribution is -2.04. The number of nitrogens with zero attached hydrogens (tertiary/aromatic N) is 2. The molecule has 3 N–H and O–H groups in total. The molecule has 1 atom stereocenters. The Morgan fingerprint density at radius 3 is 2.78 bits per heavy atom. The quantitative estimate of drug-likeness (QED) is 0.910. The van der Waals surface area contributed by atoms with Gasteiger partial charge < -0.3 is 15.5 Å². The SMILES string of the molecule is Cc1cc(F)c(Br)cc1Nc1nnc(C(C)N)o1. The van der Waals surface area contributed by atoms with E-state index >= 15 is 0 Å². The van der Waals surface area contributed by atoms with Gasteiger partial charge in [-0.25, -0.2) is 4.39 Å². The van der Waals surface area contributed by atoms with Crippen LogP contribution in [0.1, 0.15) is 24.4 Å². The van der Waals surface area contributed by atoms with Gasteiger partial charge in [-0.3, -0.25) is 0 Å². The first-order valence-electron chi connectivity index (χ1n) is 5.29. The predicted molar refractivity (Wildman–Crippen MR) is 69.0 cm³/mol. The van der Waals surface area contributed by atoms with Gasteiger partial charge in [-0.2, -0.15) is 0 Å². The summed E-state index contributed by atoms with van der Waals surface area (Å²) in [5.41, 5.74) is 7.03. The van der Waals surface area contributed by atoms with Gasteiger partial charge in [0.15, 0.2) is 0 Å². The molecule has 0 spiro atoms. The zero-order valence-corrected chi connectivity index (χ0v) is 11.5. The van der Waals surface area contributed by atoms with Gasteiger partial charge in [0.25, 0.3) is 0 Å². The van der Waals surface area contributed by atoms with Crippen molar-refractivity contribution in [1.82, 2.24) is 10.2 Å². The molecule has 5 nitrogen and oxygen atoms in total. The van der Waals surface area contributed by atoms with E-state index in [0.717, 1.165) is 5.56 Å². The Morgan fingerprint density at radius 2 is 2.17 bits per heavy atom. The maximum absolute atomic E-state index is 13.3. The van der Waals surface area contributed by atoms with Gasteiger partial charge in [0.05, 0.1) is 10.5 Å². The lowest BCUT2D eigenvalue weighted by molar-refractivity contribution is 0.475. The first-order valence-corrected chi connectivity index (χ1v) is 6.08. The number of nitrogens with one attached hydrogen (secondary N) is 1. The number of aromatic nitrogens is 2. The second kappa shape index (κ2) is 5.03. The number of benzene rings is 1. The van der Waals surface area contributed by atoms with Crippen LogP contribution < -0.4 is 11.1 Å². The van der Waals surface area contributed by atoms with Crippen LogP contribution in [0.2, 0.25) is 0 Å². The molecule has 0 amide bonds. The van der Waals surface area contributed by atoms with Crippen molar-refractivity contribution in [3.05, 3.63) is 33.9 Å². The zero-order valence-electron chi connectivity index (χ0n) is 9.87. The molecule has 1 aromatic carbocycles. The van der Waals surface area contributed by atoms with Gasteiger partial charge in [-0.15, -0.1) is 5.10 Å². The molecule has 1 aromatic heterocycles. The largest absolute Gasteiger partial charge is 0.406 e. The average molecular weight is 315 g/mol. The average Bonchev–Trinajstić information content (AvgIpc) is 2.74. The summed E-state index contributed by atoms with van der Waals surface area (Å²) in [6, 6.07) is 2.92. The summed E-state index contributed by atoms with van der Waals surface area (Å²) in [5.74, 6) is 0.0242. The highest BCUT2D eigenvalue weighted by Gasteiger charge is 2.12. The number of aryl methyl sites for hydroxylation is 1. The van der Waals surface area contributed by atoms with E-state index in [2.05, 4.69) is 31.4 Å². The summed E-state index contributed by atoms with van der Waals surface area (Å²) in [4.78, 5) is 0. The lowest BCUT2D eigenvalue weighted by atomic mass is 10.2. The molecule has 0 saturated heterocycles. The fraction of sp³-hybridized carbons (Fsp3) is 0.273. The van der Waals surface area contributed by atoms with Gasteiger partial charge in [0.1, 0.15) is 5.82 Å². The second-order valence-corrected chi connectivity index (χ2v) is 4.79. The summed E-state index contributed by atoms with van der Waals surface area (Å²) in [5, 5.41) is 10.5. The van der Waals surface area contributed by atoms with Crippen LogP contribution >= 0.6 is 15.9 Å². The minimum absolute atomic E-state index is 0.226. The van der Waals surface area contributed by atoms with Crippen LogP contribution in [-0.4, -0.2) is 10.2 Å². The molecule has 0 aliphatic heterocycles. The number of anilines is 2. The van der Waals surface area contributed by atoms with Gasteiger partial charge in [-0.05, 0) is 47.5 Å². The van der Waals surface area contributed by atoms with Crippen LogP contribution in [0.15, 0.2) is 21.0 Å². The van der Waals surface area contributed by atoms with Crippen molar-refractivity contribution in [3.63, 3.8) is 0 Å². The van der Waals surface area contributed by atoms with Crippen LogP contribution in [0.5, 0.6) is 0 Å². The fourth-order valence-corrected chi connectivity index (χ4v) is 1.71. The summed E-state index contributed by atoms with van der Waals surface area (Å²) in [6.07, 6.45) is 0. The molecule has 0 fully saturated rings. The van der Waals surface area contributed by atoms with Crippen LogP contribution in [0.25, 0.3) is 0 Å². The minimum atomic E-state index is -0.325. The second-order valence-electron chi connectivity index (χ2n) is 3.94. The first kappa shape index (κ1) is 13.0. The van der Waals surface area contributed by atoms with E-state index in [4.69, 9.17) is 10.2 Å². The zero-order chi connectivity index (χ0) is 13.3. The highest BCUT2D eigenvalue weighted by molar-refractivity contribution is 9.10. The van der Waals surface area contributed by atoms with E-state index in [1.54, 1.807) is 19.9 Å². The normalized spacial score (nSPS) is 12.5. The smallest absolute Gasteiger partial charge is 0.320 e. The fourth-order valence-electron chi connectivity index (χ4n) is 1.37. The molecule has 1 heterocycles. The van der Waals surface area contributed by atoms with Crippen molar-refractivity contribution in [1.29, 1.82) is 0 Å². The van der Waals surface area contributed by atoms with Gasteiger partial charge in [-0.1, -0.05) is 5.10 Å². The maximum Gasteiger partial charge on any atom is 0.320 e. The Morgan fingerprint density at radius 1 is 1.44 bits per heavy atom. The molecule has 0 aliphatic rings. The molecule has 0 saturated carbocycles. The number of hydrogen-bond acceptors (Lipinski definition) is 5. The maximum atomic E-state index is 13.3. The van der Waals surface area contributed by atoms with E-state index in [1.807, 2.05) is 0 Å². The van der Waals surface area contributed by atoms with Crippen LogP contribution in [0.4, 0.5) is 16.1 Å². The Labute approximate surface area is 112 Å². The molecule has 1 unspecified atom stereocenters. The third-order valence-corrected chi connectivity index (χ3v) is 2.95. The first-order chi connectivity index (χ1) is 8.47. The summed E-state index contributed by atoms with van der Waals surface area (Å²) >= 11 is 3.12. The molecule has 0 radical (unpaired) electrons. The Hall–Kier alpha value is -1.47. The topological polar surface area (TPSA) is 77.0 Å². The minimum Gasteiger partial charge on any atom is -0.406 e. The van der Waals surface area contributed by atoms with E-state index in [0.29, 0.717) is 16.1 Å². The molecular weight excluding hydrogens is 303 g/mol. The van der Waals surface area contributed by atoms with Crippen molar-refractivity contribution < 1.29 is 8.81 Å². The molecule has 0 aliphatic carbocycles. The van der Waals surface area contributed by atoms with E-state index in [9.17, 15) is 4.39 Å². The molecule has 2 aromatic rings. The molecule has 7 heteroatoms. The Kier molecular flexibility index (Phi) is 3.63. The van der Waals surface area contributed by atoms with Crippen molar-refractivity contribution in [3.8, 4) is 0 Å². The van der Waals surface area contributed by atoms with Crippen molar-refractivity contribution >= 4 is 27.6 Å². The predicted octanol–water partition coefficient (Wildman–Crippen LogP) is 3.04. The van der Waals surface area contributed by atoms with E-state index < -0.39 is 0 Å². The van der Waals surface area contributed by atoms with Gasteiger partial charge >= 0.3 is 6.01 Å². The highest BCUT2D eigenvalue weighted by atomic mass is 79.9. The Bertz CT molecular complexity index is 570. The Balaban J connectivity index is 2.25. The summed E-state index contributed by atoms with van der Waals surface area (Å²) in [7, 11) is 0. The van der Waals surface area contributed by atoms with Crippen molar-refractivity contribution in [2.75, 3.05) is 5.32 Å². The van der Waals surface area contributed by atoms with E-state index in [-0.39, 0.29) is 17.9 Å². The van der Waals surface area contributed by atoms with Gasteiger partial charge in [0, 0.05) is 5.69 Å². The monoisotopic (exact) mass is 314 g/mol. The third kappa shape index (κ3) is 2.68.